The monoisotopic (exact) mass is 549 g/mol. The molecular weight excluding hydrogens is 524 g/mol. The summed E-state index contributed by atoms with van der Waals surface area (Å²) in [6.07, 6.45) is 4.38. The Bertz CT molecular complexity index is 1370. The fourth-order valence-electron chi connectivity index (χ4n) is 5.00. The molecule has 0 aliphatic carbocycles. The largest absolute Gasteiger partial charge is 0.398 e. The Morgan fingerprint density at radius 3 is 2.46 bits per heavy atom. The predicted molar refractivity (Wildman–Crippen MR) is 127 cm³/mol. The van der Waals surface area contributed by atoms with E-state index in [-0.39, 0.29) is 42.8 Å². The first-order chi connectivity index (χ1) is 17.2. The number of aromatic amines is 1. The first-order valence-electron chi connectivity index (χ1n) is 11.8. The lowest BCUT2D eigenvalue weighted by Gasteiger charge is -2.40. The molecule has 0 spiro atoms. The van der Waals surface area contributed by atoms with Gasteiger partial charge < -0.3 is 20.4 Å². The SMILES string of the molecule is Nc1cc(S(F)(F)(F)(F)F)ccc1C(=O)N1CCC(c2c(F)cnc3nc([C@@H]4CCCCO4)[nH]c23)CC1. The number of nitrogens with zero attached hydrogens (tertiary/aromatic N) is 3. The lowest BCUT2D eigenvalue weighted by Crippen LogP contribution is -2.38. The molecule has 3 N–H and O–H groups in total. The van der Waals surface area contributed by atoms with Crippen molar-refractivity contribution in [1.82, 2.24) is 19.9 Å². The van der Waals surface area contributed by atoms with Crippen molar-refractivity contribution in [3.63, 3.8) is 0 Å². The number of hydrogen-bond acceptors (Lipinski definition) is 5. The van der Waals surface area contributed by atoms with Gasteiger partial charge in [-0.25, -0.2) is 14.4 Å². The van der Waals surface area contributed by atoms with E-state index in [1.165, 1.54) is 4.90 Å². The van der Waals surface area contributed by atoms with Crippen LogP contribution in [0, 0.1) is 5.82 Å². The van der Waals surface area contributed by atoms with E-state index in [1.807, 2.05) is 0 Å². The maximum atomic E-state index is 14.9. The molecule has 2 saturated heterocycles. The number of carbonyl (C=O) groups excluding carboxylic acids is 1. The van der Waals surface area contributed by atoms with Crippen molar-refractivity contribution in [3.8, 4) is 0 Å². The number of pyridine rings is 1. The van der Waals surface area contributed by atoms with Gasteiger partial charge in [0.1, 0.15) is 22.6 Å². The summed E-state index contributed by atoms with van der Waals surface area (Å²) in [4.78, 5) is 23.9. The summed E-state index contributed by atoms with van der Waals surface area (Å²) in [6.45, 7) is 0.959. The highest BCUT2D eigenvalue weighted by atomic mass is 32.5. The van der Waals surface area contributed by atoms with Gasteiger partial charge >= 0.3 is 10.2 Å². The smallest absolute Gasteiger partial charge is 0.310 e. The van der Waals surface area contributed by atoms with Crippen LogP contribution in [0.2, 0.25) is 0 Å². The second-order valence-corrected chi connectivity index (χ2v) is 11.9. The summed E-state index contributed by atoms with van der Waals surface area (Å²) in [5.41, 5.74) is 5.84. The van der Waals surface area contributed by atoms with E-state index in [0.29, 0.717) is 48.1 Å². The third-order valence-electron chi connectivity index (χ3n) is 6.90. The summed E-state index contributed by atoms with van der Waals surface area (Å²) in [5, 5.41) is 0. The number of imidazole rings is 1. The topological polar surface area (TPSA) is 97.1 Å². The van der Waals surface area contributed by atoms with Crippen molar-refractivity contribution in [3.05, 3.63) is 47.2 Å². The molecule has 0 radical (unpaired) electrons. The Kier molecular flexibility index (Phi) is 5.72. The van der Waals surface area contributed by atoms with Crippen LogP contribution in [0.15, 0.2) is 29.3 Å². The number of hydrogen-bond donors (Lipinski definition) is 2. The average molecular weight is 550 g/mol. The fraction of sp³-hybridized carbons (Fsp3) is 0.435. The predicted octanol–water partition coefficient (Wildman–Crippen LogP) is 6.60. The molecule has 1 amide bonds. The second-order valence-electron chi connectivity index (χ2n) is 9.48. The highest BCUT2D eigenvalue weighted by molar-refractivity contribution is 8.45. The third kappa shape index (κ3) is 5.08. The van der Waals surface area contributed by atoms with Gasteiger partial charge in [-0.3, -0.25) is 4.79 Å². The number of nitrogens with two attached hydrogens (primary N) is 1. The zero-order valence-electron chi connectivity index (χ0n) is 19.5. The van der Waals surface area contributed by atoms with Gasteiger partial charge in [-0.15, -0.1) is 0 Å². The lowest BCUT2D eigenvalue weighted by molar-refractivity contribution is 0.0101. The van der Waals surface area contributed by atoms with Gasteiger partial charge in [-0.2, -0.15) is 0 Å². The molecule has 2 aliphatic heterocycles. The van der Waals surface area contributed by atoms with Crippen LogP contribution in [0.4, 0.5) is 29.5 Å². The van der Waals surface area contributed by atoms with E-state index in [2.05, 4.69) is 15.0 Å². The number of likely N-dealkylation sites (tertiary alicyclic amines) is 1. The molecule has 14 heteroatoms. The zero-order chi connectivity index (χ0) is 26.7. The number of nitrogens with one attached hydrogen (secondary N) is 1. The summed E-state index contributed by atoms with van der Waals surface area (Å²) in [6, 6.07) is 0.936. The summed E-state index contributed by atoms with van der Waals surface area (Å²) in [5.74, 6) is -0.869. The highest BCUT2D eigenvalue weighted by Crippen LogP contribution is 3.02. The van der Waals surface area contributed by atoms with Crippen molar-refractivity contribution in [1.29, 1.82) is 0 Å². The number of benzene rings is 1. The van der Waals surface area contributed by atoms with E-state index in [9.17, 15) is 28.6 Å². The molecule has 202 valence electrons. The lowest BCUT2D eigenvalue weighted by atomic mass is 9.88. The molecule has 1 atom stereocenters. The number of piperidine rings is 1. The number of fused-ring (bicyclic) bond motifs is 1. The van der Waals surface area contributed by atoms with Crippen LogP contribution in [0.3, 0.4) is 0 Å². The molecule has 0 unspecified atom stereocenters. The first-order valence-corrected chi connectivity index (χ1v) is 13.7. The van der Waals surface area contributed by atoms with Crippen LogP contribution in [0.25, 0.3) is 11.2 Å². The standard InChI is InChI=1S/C23H25F6N5O2S/c24-16-12-31-22-20(32-21(33-22)18-3-1-2-10-36-18)19(16)13-6-8-34(9-7-13)23(35)15-5-4-14(11-17(15)30)37(25,26,27,28)29/h4-5,11-13,18H,1-3,6-10,30H2,(H,31,32,33)/t18-/m0/s1. The van der Waals surface area contributed by atoms with Gasteiger partial charge in [0.25, 0.3) is 5.91 Å². The molecule has 2 aromatic heterocycles. The third-order valence-corrected chi connectivity index (χ3v) is 8.05. The van der Waals surface area contributed by atoms with Crippen LogP contribution >= 0.6 is 10.2 Å². The minimum absolute atomic E-state index is 0.0937. The molecule has 37 heavy (non-hydrogen) atoms. The van der Waals surface area contributed by atoms with Gasteiger partial charge in [0, 0.05) is 30.9 Å². The fourth-order valence-corrected chi connectivity index (χ4v) is 5.67. The molecule has 3 aromatic rings. The number of H-pyrrole nitrogens is 1. The molecule has 0 saturated carbocycles. The van der Waals surface area contributed by atoms with Crippen LogP contribution < -0.4 is 5.73 Å². The molecule has 5 rings (SSSR count). The number of halogens is 6. The van der Waals surface area contributed by atoms with E-state index >= 15 is 0 Å². The molecule has 2 fully saturated rings. The van der Waals surface area contributed by atoms with Crippen molar-refractivity contribution < 1.29 is 33.4 Å². The van der Waals surface area contributed by atoms with E-state index in [0.717, 1.165) is 25.5 Å². The Hall–Kier alpha value is -3.00. The number of rotatable bonds is 4. The van der Waals surface area contributed by atoms with Crippen LogP contribution in [-0.2, 0) is 4.74 Å². The minimum Gasteiger partial charge on any atom is -0.398 e. The molecule has 7 nitrogen and oxygen atoms in total. The summed E-state index contributed by atoms with van der Waals surface area (Å²) in [7, 11) is -9.92. The van der Waals surface area contributed by atoms with E-state index in [4.69, 9.17) is 10.5 Å². The molecule has 0 bridgehead atoms. The number of ether oxygens (including phenoxy) is 1. The van der Waals surface area contributed by atoms with E-state index in [1.54, 1.807) is 0 Å². The van der Waals surface area contributed by atoms with Gasteiger partial charge in [-0.05, 0) is 56.2 Å². The molecule has 2 aliphatic rings. The first kappa shape index (κ1) is 25.6. The number of anilines is 1. The van der Waals surface area contributed by atoms with Gasteiger partial charge in [0.2, 0.25) is 0 Å². The van der Waals surface area contributed by atoms with Crippen molar-refractivity contribution >= 4 is 33.0 Å². The molecular formula is C23H25F6N5O2S. The Balaban J connectivity index is 1.33. The van der Waals surface area contributed by atoms with Gasteiger partial charge in [0.05, 0.1) is 17.3 Å². The Morgan fingerprint density at radius 1 is 1.11 bits per heavy atom. The molecule has 4 heterocycles. The highest BCUT2D eigenvalue weighted by Gasteiger charge is 2.65. The Morgan fingerprint density at radius 2 is 1.84 bits per heavy atom. The second kappa shape index (κ2) is 8.25. The summed E-state index contributed by atoms with van der Waals surface area (Å²) >= 11 is 0. The maximum Gasteiger partial charge on any atom is 0.310 e. The number of aromatic nitrogens is 3. The van der Waals surface area contributed by atoms with Crippen molar-refractivity contribution in [2.75, 3.05) is 25.4 Å². The zero-order valence-corrected chi connectivity index (χ0v) is 20.3. The van der Waals surface area contributed by atoms with Crippen molar-refractivity contribution in [2.45, 2.75) is 49.0 Å². The summed E-state index contributed by atoms with van der Waals surface area (Å²) < 4.78 is 86.1. The van der Waals surface area contributed by atoms with Crippen LogP contribution in [-0.4, -0.2) is 45.5 Å². The number of amides is 1. The maximum absolute atomic E-state index is 14.9. The quantitative estimate of drug-likeness (QED) is 0.282. The van der Waals surface area contributed by atoms with Crippen LogP contribution in [0.5, 0.6) is 0 Å². The van der Waals surface area contributed by atoms with Crippen molar-refractivity contribution in [2.24, 2.45) is 0 Å². The Labute approximate surface area is 208 Å². The van der Waals surface area contributed by atoms with Gasteiger partial charge in [0.15, 0.2) is 5.65 Å². The van der Waals surface area contributed by atoms with Crippen LogP contribution in [0.1, 0.15) is 65.9 Å². The average Bonchev–Trinajstić information content (AvgIpc) is 3.27. The molecule has 1 aromatic carbocycles. The number of nitrogen functional groups attached to an aromatic ring is 1. The van der Waals surface area contributed by atoms with Gasteiger partial charge in [-0.1, -0.05) is 19.4 Å². The van der Waals surface area contributed by atoms with E-state index < -0.39 is 32.5 Å². The minimum atomic E-state index is -9.92. The number of carbonyl (C=O) groups is 1. The normalized spacial score (nSPS) is 21.6.